The number of rotatable bonds is 1. The molecule has 0 atom stereocenters. The van der Waals surface area contributed by atoms with Crippen molar-refractivity contribution in [3.05, 3.63) is 29.8 Å². The number of fused-ring (bicyclic) bond motifs is 1. The molecule has 0 spiro atoms. The molecule has 0 saturated carbocycles. The molecule has 1 heterocycles. The normalized spacial score (nSPS) is 14.5. The number of nitrogens with one attached hydrogen (secondary N) is 1. The smallest absolute Gasteiger partial charge is 0.0467 e. The summed E-state index contributed by atoms with van der Waals surface area (Å²) in [5.41, 5.74) is 10.2. The van der Waals surface area contributed by atoms with E-state index in [0.29, 0.717) is 0 Å². The van der Waals surface area contributed by atoms with E-state index in [1.165, 1.54) is 17.7 Å². The summed E-state index contributed by atoms with van der Waals surface area (Å²) < 4.78 is 0. The predicted octanol–water partition coefficient (Wildman–Crippen LogP) is 2.27. The average molecular weight is 174 g/mol. The second-order valence-corrected chi connectivity index (χ2v) is 3.34. The van der Waals surface area contributed by atoms with Crippen molar-refractivity contribution in [3.8, 4) is 0 Å². The zero-order valence-electron chi connectivity index (χ0n) is 7.64. The molecule has 0 aliphatic carbocycles. The average Bonchev–Trinajstić information content (AvgIpc) is 2.18. The predicted molar refractivity (Wildman–Crippen MR) is 57.8 cm³/mol. The number of nitrogen functional groups attached to an aromatic ring is 1. The Bertz CT molecular complexity index is 342. The van der Waals surface area contributed by atoms with E-state index in [0.717, 1.165) is 24.2 Å². The van der Waals surface area contributed by atoms with Crippen molar-refractivity contribution < 1.29 is 0 Å². The van der Waals surface area contributed by atoms with Crippen LogP contribution in [0.2, 0.25) is 0 Å². The zero-order chi connectivity index (χ0) is 9.26. The van der Waals surface area contributed by atoms with E-state index in [1.807, 2.05) is 12.1 Å². The highest BCUT2D eigenvalue weighted by Crippen LogP contribution is 2.30. The van der Waals surface area contributed by atoms with Gasteiger partial charge in [0.1, 0.15) is 0 Å². The van der Waals surface area contributed by atoms with E-state index in [9.17, 15) is 0 Å². The molecule has 0 aromatic heterocycles. The minimum atomic E-state index is 0.808. The van der Waals surface area contributed by atoms with Crippen molar-refractivity contribution in [1.29, 1.82) is 0 Å². The summed E-state index contributed by atoms with van der Waals surface area (Å²) in [5.74, 6) is 0. The molecule has 2 nitrogen and oxygen atoms in total. The Morgan fingerprint density at radius 2 is 2.31 bits per heavy atom. The molecule has 2 heteroatoms. The van der Waals surface area contributed by atoms with Crippen LogP contribution in [0.3, 0.4) is 0 Å². The standard InChI is InChI=1S/C11H14N2/c1-2-9-10(12)6-5-8-4-3-7-13-11(8)9/h2,5-6,13H,1,3-4,7,12H2. The largest absolute Gasteiger partial charge is 0.398 e. The monoisotopic (exact) mass is 174 g/mol. The van der Waals surface area contributed by atoms with E-state index in [-0.39, 0.29) is 0 Å². The fourth-order valence-electron chi connectivity index (χ4n) is 1.81. The number of nitrogens with two attached hydrogens (primary N) is 1. The fourth-order valence-corrected chi connectivity index (χ4v) is 1.81. The van der Waals surface area contributed by atoms with Crippen LogP contribution in [-0.4, -0.2) is 6.54 Å². The van der Waals surface area contributed by atoms with E-state index >= 15 is 0 Å². The lowest BCUT2D eigenvalue weighted by atomic mass is 9.98. The Kier molecular flexibility index (Phi) is 1.97. The second-order valence-electron chi connectivity index (χ2n) is 3.34. The first-order valence-corrected chi connectivity index (χ1v) is 4.60. The summed E-state index contributed by atoms with van der Waals surface area (Å²) in [6, 6.07) is 4.06. The maximum absolute atomic E-state index is 5.84. The number of benzene rings is 1. The molecule has 1 aliphatic heterocycles. The van der Waals surface area contributed by atoms with Gasteiger partial charge in [-0.1, -0.05) is 18.7 Å². The quantitative estimate of drug-likeness (QED) is 0.641. The molecule has 0 bridgehead atoms. The van der Waals surface area contributed by atoms with E-state index in [1.54, 1.807) is 0 Å². The third kappa shape index (κ3) is 1.28. The topological polar surface area (TPSA) is 38.0 Å². The minimum absolute atomic E-state index is 0.808. The van der Waals surface area contributed by atoms with Crippen molar-refractivity contribution in [2.75, 3.05) is 17.6 Å². The van der Waals surface area contributed by atoms with E-state index < -0.39 is 0 Å². The Balaban J connectivity index is 2.58. The van der Waals surface area contributed by atoms with Crippen LogP contribution in [0.25, 0.3) is 6.08 Å². The molecule has 0 fully saturated rings. The van der Waals surface area contributed by atoms with Crippen LogP contribution < -0.4 is 11.1 Å². The Labute approximate surface area is 78.5 Å². The first kappa shape index (κ1) is 8.17. The maximum Gasteiger partial charge on any atom is 0.0467 e. The van der Waals surface area contributed by atoms with Crippen molar-refractivity contribution in [3.63, 3.8) is 0 Å². The Morgan fingerprint density at radius 3 is 3.08 bits per heavy atom. The highest BCUT2D eigenvalue weighted by molar-refractivity contribution is 5.79. The third-order valence-electron chi connectivity index (χ3n) is 2.49. The molecule has 0 saturated heterocycles. The summed E-state index contributed by atoms with van der Waals surface area (Å²) in [6.07, 6.45) is 4.17. The first-order chi connectivity index (χ1) is 6.33. The molecule has 0 unspecified atom stereocenters. The second kappa shape index (κ2) is 3.13. The van der Waals surface area contributed by atoms with Crippen LogP contribution in [-0.2, 0) is 6.42 Å². The summed E-state index contributed by atoms with van der Waals surface area (Å²) in [7, 11) is 0. The van der Waals surface area contributed by atoms with Crippen LogP contribution >= 0.6 is 0 Å². The summed E-state index contributed by atoms with van der Waals surface area (Å²) in [6.45, 7) is 4.82. The van der Waals surface area contributed by atoms with Crippen LogP contribution in [0.4, 0.5) is 11.4 Å². The summed E-state index contributed by atoms with van der Waals surface area (Å²) in [5, 5.41) is 3.37. The van der Waals surface area contributed by atoms with Gasteiger partial charge in [0.15, 0.2) is 0 Å². The van der Waals surface area contributed by atoms with Gasteiger partial charge < -0.3 is 11.1 Å². The number of aryl methyl sites for hydroxylation is 1. The summed E-state index contributed by atoms with van der Waals surface area (Å²) in [4.78, 5) is 0. The minimum Gasteiger partial charge on any atom is -0.398 e. The van der Waals surface area contributed by atoms with Crippen molar-refractivity contribution in [1.82, 2.24) is 0 Å². The van der Waals surface area contributed by atoms with Gasteiger partial charge in [0.2, 0.25) is 0 Å². The van der Waals surface area contributed by atoms with Crippen molar-refractivity contribution >= 4 is 17.5 Å². The highest BCUT2D eigenvalue weighted by Gasteiger charge is 2.12. The van der Waals surface area contributed by atoms with Gasteiger partial charge in [-0.15, -0.1) is 0 Å². The lowest BCUT2D eigenvalue weighted by Gasteiger charge is -2.21. The van der Waals surface area contributed by atoms with E-state index in [2.05, 4.69) is 18.0 Å². The van der Waals surface area contributed by atoms with Gasteiger partial charge in [0.25, 0.3) is 0 Å². The molecule has 1 aromatic rings. The molecule has 1 aliphatic rings. The fraction of sp³-hybridized carbons (Fsp3) is 0.273. The SMILES string of the molecule is C=Cc1c(N)ccc2c1NCCC2. The molecular formula is C11H14N2. The van der Waals surface area contributed by atoms with Gasteiger partial charge in [0, 0.05) is 23.5 Å². The van der Waals surface area contributed by atoms with Gasteiger partial charge in [-0.3, -0.25) is 0 Å². The lowest BCUT2D eigenvalue weighted by Crippen LogP contribution is -2.13. The van der Waals surface area contributed by atoms with Gasteiger partial charge >= 0.3 is 0 Å². The molecule has 13 heavy (non-hydrogen) atoms. The highest BCUT2D eigenvalue weighted by atomic mass is 14.9. The van der Waals surface area contributed by atoms with Crippen LogP contribution in [0.15, 0.2) is 18.7 Å². The molecular weight excluding hydrogens is 160 g/mol. The molecule has 0 radical (unpaired) electrons. The number of hydrogen-bond acceptors (Lipinski definition) is 2. The molecule has 1 aromatic carbocycles. The molecule has 3 N–H and O–H groups in total. The third-order valence-corrected chi connectivity index (χ3v) is 2.49. The molecule has 0 amide bonds. The van der Waals surface area contributed by atoms with Crippen molar-refractivity contribution in [2.45, 2.75) is 12.8 Å². The van der Waals surface area contributed by atoms with Gasteiger partial charge in [-0.05, 0) is 24.5 Å². The van der Waals surface area contributed by atoms with Crippen LogP contribution in [0, 0.1) is 0 Å². The zero-order valence-corrected chi connectivity index (χ0v) is 7.64. The summed E-state index contributed by atoms with van der Waals surface area (Å²) >= 11 is 0. The number of hydrogen-bond donors (Lipinski definition) is 2. The van der Waals surface area contributed by atoms with E-state index in [4.69, 9.17) is 5.73 Å². The van der Waals surface area contributed by atoms with Crippen LogP contribution in [0.5, 0.6) is 0 Å². The Morgan fingerprint density at radius 1 is 1.46 bits per heavy atom. The van der Waals surface area contributed by atoms with Gasteiger partial charge in [-0.2, -0.15) is 0 Å². The first-order valence-electron chi connectivity index (χ1n) is 4.60. The Hall–Kier alpha value is -1.44. The van der Waals surface area contributed by atoms with Gasteiger partial charge in [0.05, 0.1) is 0 Å². The van der Waals surface area contributed by atoms with Gasteiger partial charge in [-0.25, -0.2) is 0 Å². The molecule has 2 rings (SSSR count). The lowest BCUT2D eigenvalue weighted by molar-refractivity contribution is 0.830. The number of anilines is 2. The molecule has 68 valence electrons. The maximum atomic E-state index is 5.84. The van der Waals surface area contributed by atoms with Crippen LogP contribution in [0.1, 0.15) is 17.5 Å². The van der Waals surface area contributed by atoms with Crippen molar-refractivity contribution in [2.24, 2.45) is 0 Å².